The van der Waals surface area contributed by atoms with E-state index in [1.807, 2.05) is 6.07 Å². The van der Waals surface area contributed by atoms with Crippen LogP contribution in [0.15, 0.2) is 211 Å². The summed E-state index contributed by atoms with van der Waals surface area (Å²) < 4.78 is 8.83. The molecule has 1 aliphatic rings. The summed E-state index contributed by atoms with van der Waals surface area (Å²) in [7, 11) is 0. The molecule has 0 spiro atoms. The van der Waals surface area contributed by atoms with Crippen molar-refractivity contribution in [2.75, 3.05) is 4.90 Å². The number of hydrogen-bond acceptors (Lipinski definition) is 2. The molecule has 0 unspecified atom stereocenters. The molecule has 2 heterocycles. The van der Waals surface area contributed by atoms with Crippen molar-refractivity contribution in [2.45, 2.75) is 19.3 Å². The summed E-state index contributed by atoms with van der Waals surface area (Å²) >= 11 is 0. The maximum Gasteiger partial charge on any atom is 0.137 e. The number of nitrogens with zero attached hydrogens (tertiary/aromatic N) is 2. The first kappa shape index (κ1) is 34.4. The highest BCUT2D eigenvalue weighted by atomic mass is 16.3. The summed E-state index contributed by atoms with van der Waals surface area (Å²) in [5.41, 5.74) is 18.6. The van der Waals surface area contributed by atoms with E-state index < -0.39 is 0 Å². The van der Waals surface area contributed by atoms with Gasteiger partial charge in [0.2, 0.25) is 0 Å². The minimum Gasteiger partial charge on any atom is -0.456 e. The van der Waals surface area contributed by atoms with Gasteiger partial charge in [0.15, 0.2) is 0 Å². The van der Waals surface area contributed by atoms with Crippen molar-refractivity contribution in [1.29, 1.82) is 0 Å². The molecule has 0 saturated carbocycles. The standard InChI is InChI=1S/C57H40N2O/c1-57(2)48-19-8-3-15-43(48)44-35-34-41(36-49(44)57)58(53-23-13-25-55-56(53)47-18-7-12-24-54(47)60-55)40-32-30-38(31-33-40)37-26-28-39(29-27-37)42-14-4-9-20-50(42)59-51-21-10-5-16-45(51)46-17-6-11-22-52(46)59/h3-36H,1-2H3. The van der Waals surface area contributed by atoms with Crippen molar-refractivity contribution in [3.8, 4) is 39.1 Å². The van der Waals surface area contributed by atoms with E-state index >= 15 is 0 Å². The van der Waals surface area contributed by atoms with E-state index in [0.717, 1.165) is 39.0 Å². The fraction of sp³-hybridized carbons (Fsp3) is 0.0526. The topological polar surface area (TPSA) is 21.3 Å². The van der Waals surface area contributed by atoms with E-state index in [0.29, 0.717) is 0 Å². The molecular weight excluding hydrogens is 729 g/mol. The average molecular weight is 769 g/mol. The Labute approximate surface area is 349 Å². The van der Waals surface area contributed by atoms with Gasteiger partial charge in [-0.1, -0.05) is 159 Å². The van der Waals surface area contributed by atoms with Gasteiger partial charge in [0.1, 0.15) is 11.2 Å². The summed E-state index contributed by atoms with van der Waals surface area (Å²) in [6.45, 7) is 4.69. The molecule has 1 aliphatic carbocycles. The summed E-state index contributed by atoms with van der Waals surface area (Å²) in [5.74, 6) is 0. The smallest absolute Gasteiger partial charge is 0.137 e. The Kier molecular flexibility index (Phi) is 7.58. The molecule has 3 heteroatoms. The van der Waals surface area contributed by atoms with E-state index in [-0.39, 0.29) is 5.41 Å². The van der Waals surface area contributed by atoms with Crippen LogP contribution in [0, 0.1) is 0 Å². The van der Waals surface area contributed by atoms with Crippen molar-refractivity contribution >= 4 is 60.8 Å². The second-order valence-electron chi connectivity index (χ2n) is 16.5. The van der Waals surface area contributed by atoms with E-state index in [9.17, 15) is 0 Å². The van der Waals surface area contributed by atoms with Gasteiger partial charge in [-0.3, -0.25) is 0 Å². The second kappa shape index (κ2) is 13.2. The monoisotopic (exact) mass is 768 g/mol. The maximum absolute atomic E-state index is 6.42. The number of anilines is 3. The van der Waals surface area contributed by atoms with Gasteiger partial charge in [0.05, 0.1) is 27.8 Å². The third-order valence-corrected chi connectivity index (χ3v) is 12.8. The van der Waals surface area contributed by atoms with Crippen LogP contribution in [-0.2, 0) is 5.41 Å². The molecule has 0 fully saturated rings. The molecular formula is C57H40N2O. The Morgan fingerprint density at radius 1 is 0.417 bits per heavy atom. The lowest BCUT2D eigenvalue weighted by Gasteiger charge is -2.28. The molecule has 0 saturated heterocycles. The number of rotatable bonds is 6. The zero-order chi connectivity index (χ0) is 40.0. The van der Waals surface area contributed by atoms with Crippen LogP contribution in [0.2, 0.25) is 0 Å². The van der Waals surface area contributed by atoms with E-state index in [1.54, 1.807) is 0 Å². The van der Waals surface area contributed by atoms with Gasteiger partial charge in [-0.2, -0.15) is 0 Å². The van der Waals surface area contributed by atoms with E-state index in [4.69, 9.17) is 4.42 Å². The van der Waals surface area contributed by atoms with Gasteiger partial charge in [0.25, 0.3) is 0 Å². The minimum atomic E-state index is -0.123. The number of furan rings is 1. The average Bonchev–Trinajstić information content (AvgIpc) is 3.93. The molecule has 0 atom stereocenters. The first-order valence-electron chi connectivity index (χ1n) is 20.8. The lowest BCUT2D eigenvalue weighted by molar-refractivity contribution is 0.660. The maximum atomic E-state index is 6.42. The summed E-state index contributed by atoms with van der Waals surface area (Å²) in [4.78, 5) is 2.40. The zero-order valence-corrected chi connectivity index (χ0v) is 33.4. The molecule has 0 aliphatic heterocycles. The molecule has 2 aromatic heterocycles. The number of fused-ring (bicyclic) bond motifs is 9. The number of para-hydroxylation sites is 4. The lowest BCUT2D eigenvalue weighted by atomic mass is 9.82. The highest BCUT2D eigenvalue weighted by molar-refractivity contribution is 6.13. The predicted molar refractivity (Wildman–Crippen MR) is 251 cm³/mol. The van der Waals surface area contributed by atoms with Gasteiger partial charge in [0, 0.05) is 38.5 Å². The van der Waals surface area contributed by atoms with Crippen molar-refractivity contribution in [3.05, 3.63) is 217 Å². The van der Waals surface area contributed by atoms with Crippen LogP contribution in [0.5, 0.6) is 0 Å². The highest BCUT2D eigenvalue weighted by Crippen LogP contribution is 2.51. The molecule has 60 heavy (non-hydrogen) atoms. The molecule has 3 nitrogen and oxygen atoms in total. The minimum absolute atomic E-state index is 0.123. The van der Waals surface area contributed by atoms with Crippen LogP contribution in [0.3, 0.4) is 0 Å². The molecule has 0 bridgehead atoms. The lowest BCUT2D eigenvalue weighted by Crippen LogP contribution is -2.16. The van der Waals surface area contributed by atoms with Gasteiger partial charge < -0.3 is 13.9 Å². The van der Waals surface area contributed by atoms with Gasteiger partial charge in [-0.15, -0.1) is 0 Å². The summed E-state index contributed by atoms with van der Waals surface area (Å²) in [6, 6.07) is 74.8. The summed E-state index contributed by atoms with van der Waals surface area (Å²) in [6.07, 6.45) is 0. The Hall–Kier alpha value is -7.62. The molecule has 0 radical (unpaired) electrons. The van der Waals surface area contributed by atoms with Gasteiger partial charge >= 0.3 is 0 Å². The molecule has 11 aromatic rings. The van der Waals surface area contributed by atoms with Crippen LogP contribution in [-0.4, -0.2) is 4.57 Å². The molecule has 0 amide bonds. The van der Waals surface area contributed by atoms with Crippen molar-refractivity contribution in [2.24, 2.45) is 0 Å². The van der Waals surface area contributed by atoms with Crippen LogP contribution >= 0.6 is 0 Å². The van der Waals surface area contributed by atoms with Crippen LogP contribution in [0.25, 0.3) is 82.8 Å². The molecule has 9 aromatic carbocycles. The van der Waals surface area contributed by atoms with E-state index in [1.165, 1.54) is 72.0 Å². The zero-order valence-electron chi connectivity index (χ0n) is 33.4. The Morgan fingerprint density at radius 3 is 1.72 bits per heavy atom. The van der Waals surface area contributed by atoms with Crippen LogP contribution in [0.1, 0.15) is 25.0 Å². The number of aromatic nitrogens is 1. The molecule has 284 valence electrons. The third kappa shape index (κ3) is 5.15. The Bertz CT molecular complexity index is 3400. The first-order valence-corrected chi connectivity index (χ1v) is 20.8. The predicted octanol–water partition coefficient (Wildman–Crippen LogP) is 15.8. The fourth-order valence-corrected chi connectivity index (χ4v) is 9.94. The third-order valence-electron chi connectivity index (χ3n) is 12.8. The Balaban J connectivity index is 0.946. The van der Waals surface area contributed by atoms with Gasteiger partial charge in [-0.05, 0) is 99.6 Å². The normalized spacial score (nSPS) is 13.0. The fourth-order valence-electron chi connectivity index (χ4n) is 9.94. The molecule has 0 N–H and O–H groups in total. The molecule has 12 rings (SSSR count). The van der Waals surface area contributed by atoms with Crippen molar-refractivity contribution in [3.63, 3.8) is 0 Å². The Morgan fingerprint density at radius 2 is 0.967 bits per heavy atom. The van der Waals surface area contributed by atoms with E-state index in [2.05, 4.69) is 224 Å². The second-order valence-corrected chi connectivity index (χ2v) is 16.5. The van der Waals surface area contributed by atoms with Crippen LogP contribution in [0.4, 0.5) is 17.1 Å². The summed E-state index contributed by atoms with van der Waals surface area (Å²) in [5, 5.41) is 4.75. The van der Waals surface area contributed by atoms with Crippen LogP contribution < -0.4 is 4.90 Å². The van der Waals surface area contributed by atoms with Gasteiger partial charge in [-0.25, -0.2) is 0 Å². The number of benzene rings is 9. The first-order chi connectivity index (χ1) is 29.5. The SMILES string of the molecule is CC1(C)c2ccccc2-c2ccc(N(c3ccc(-c4ccc(-c5ccccc5-n5c6ccccc6c6ccccc65)cc4)cc3)c3cccc4oc5ccccc5c34)cc21. The quantitative estimate of drug-likeness (QED) is 0.168. The van der Waals surface area contributed by atoms with Crippen molar-refractivity contribution in [1.82, 2.24) is 4.57 Å². The number of hydrogen-bond donors (Lipinski definition) is 0. The highest BCUT2D eigenvalue weighted by Gasteiger charge is 2.36. The largest absolute Gasteiger partial charge is 0.456 e. The van der Waals surface area contributed by atoms with Crippen molar-refractivity contribution < 1.29 is 4.42 Å².